The molecule has 0 aromatic rings. The third kappa shape index (κ3) is 3.67. The van der Waals surface area contributed by atoms with E-state index in [1.165, 1.54) is 6.92 Å². The average Bonchev–Trinajstić information content (AvgIpc) is 1.79. The van der Waals surface area contributed by atoms with Crippen molar-refractivity contribution >= 4 is 5.97 Å². The van der Waals surface area contributed by atoms with E-state index >= 15 is 0 Å². The second-order valence-corrected chi connectivity index (χ2v) is 3.52. The fourth-order valence-corrected chi connectivity index (χ4v) is 0.627. The van der Waals surface area contributed by atoms with Gasteiger partial charge in [-0.05, 0) is 0 Å². The Labute approximate surface area is 67.9 Å². The van der Waals surface area contributed by atoms with Crippen molar-refractivity contribution in [3.63, 3.8) is 0 Å². The van der Waals surface area contributed by atoms with Gasteiger partial charge in [0.2, 0.25) is 0 Å². The van der Waals surface area contributed by atoms with E-state index in [2.05, 4.69) is 5.92 Å². The summed E-state index contributed by atoms with van der Waals surface area (Å²) < 4.78 is 4.89. The number of hydrogen-bond donors (Lipinski definition) is 0. The third-order valence-corrected chi connectivity index (χ3v) is 1.22. The molecule has 0 radical (unpaired) electrons. The highest BCUT2D eigenvalue weighted by Crippen LogP contribution is 2.21. The fourth-order valence-electron chi connectivity index (χ4n) is 0.627. The number of carbonyl (C=O) groups is 1. The third-order valence-electron chi connectivity index (χ3n) is 1.22. The van der Waals surface area contributed by atoms with Crippen molar-refractivity contribution in [3.05, 3.63) is 0 Å². The summed E-state index contributed by atoms with van der Waals surface area (Å²) in [5.74, 6) is 2.10. The van der Waals surface area contributed by atoms with Crippen LogP contribution in [-0.2, 0) is 9.53 Å². The highest BCUT2D eigenvalue weighted by atomic mass is 16.5. The lowest BCUT2D eigenvalue weighted by Gasteiger charge is -2.25. The van der Waals surface area contributed by atoms with Gasteiger partial charge in [-0.2, -0.15) is 0 Å². The molecule has 0 amide bonds. The maximum atomic E-state index is 10.5. The predicted molar refractivity (Wildman–Crippen MR) is 43.8 cm³/mol. The van der Waals surface area contributed by atoms with Crippen molar-refractivity contribution in [2.24, 2.45) is 5.41 Å². The van der Waals surface area contributed by atoms with Crippen LogP contribution in [0.4, 0.5) is 0 Å². The van der Waals surface area contributed by atoms with Crippen molar-refractivity contribution in [2.75, 3.05) is 0 Å². The molecule has 0 aliphatic rings. The number of carbonyl (C=O) groups excluding carboxylic acids is 1. The second kappa shape index (κ2) is 3.43. The quantitative estimate of drug-likeness (QED) is 0.423. The van der Waals surface area contributed by atoms with Gasteiger partial charge in [0.15, 0.2) is 6.10 Å². The van der Waals surface area contributed by atoms with Crippen molar-refractivity contribution < 1.29 is 9.53 Å². The van der Waals surface area contributed by atoms with E-state index in [1.54, 1.807) is 0 Å². The average molecular weight is 154 g/mol. The number of hydrogen-bond acceptors (Lipinski definition) is 2. The molecule has 0 rings (SSSR count). The summed E-state index contributed by atoms with van der Waals surface area (Å²) in [6, 6.07) is 0. The summed E-state index contributed by atoms with van der Waals surface area (Å²) in [6.07, 6.45) is 4.75. The molecule has 0 aliphatic carbocycles. The van der Waals surface area contributed by atoms with Crippen LogP contribution in [0.25, 0.3) is 0 Å². The van der Waals surface area contributed by atoms with Gasteiger partial charge in [-0.25, -0.2) is 0 Å². The molecule has 0 fully saturated rings. The summed E-state index contributed by atoms with van der Waals surface area (Å²) in [6.45, 7) is 7.15. The molecule has 1 atom stereocenters. The summed E-state index contributed by atoms with van der Waals surface area (Å²) in [7, 11) is 0. The van der Waals surface area contributed by atoms with E-state index in [0.717, 1.165) is 0 Å². The van der Waals surface area contributed by atoms with Gasteiger partial charge in [-0.3, -0.25) is 4.79 Å². The summed E-state index contributed by atoms with van der Waals surface area (Å²) in [4.78, 5) is 10.5. The van der Waals surface area contributed by atoms with Gasteiger partial charge < -0.3 is 4.74 Å². The zero-order chi connectivity index (χ0) is 9.07. The lowest BCUT2D eigenvalue weighted by molar-refractivity contribution is -0.147. The van der Waals surface area contributed by atoms with Crippen LogP contribution in [0, 0.1) is 17.8 Å². The molecule has 0 aromatic carbocycles. The SMILES string of the molecule is C#CC(OC(C)=O)C(C)(C)C. The van der Waals surface area contributed by atoms with Crippen molar-refractivity contribution in [1.82, 2.24) is 0 Å². The Kier molecular flexibility index (Phi) is 3.13. The van der Waals surface area contributed by atoms with Crippen molar-refractivity contribution in [3.8, 4) is 12.3 Å². The van der Waals surface area contributed by atoms with Gasteiger partial charge in [0, 0.05) is 12.3 Å². The van der Waals surface area contributed by atoms with Gasteiger partial charge in [0.25, 0.3) is 0 Å². The van der Waals surface area contributed by atoms with Gasteiger partial charge in [-0.15, -0.1) is 6.42 Å². The molecule has 0 heterocycles. The minimum absolute atomic E-state index is 0.180. The van der Waals surface area contributed by atoms with E-state index in [9.17, 15) is 4.79 Å². The second-order valence-electron chi connectivity index (χ2n) is 3.52. The molecule has 1 unspecified atom stereocenters. The molecular weight excluding hydrogens is 140 g/mol. The molecule has 0 saturated carbocycles. The maximum absolute atomic E-state index is 10.5. The van der Waals surface area contributed by atoms with Gasteiger partial charge in [0.05, 0.1) is 0 Å². The highest BCUT2D eigenvalue weighted by molar-refractivity contribution is 5.66. The molecule has 0 aliphatic heterocycles. The first-order valence-corrected chi connectivity index (χ1v) is 3.51. The minimum Gasteiger partial charge on any atom is -0.449 e. The Morgan fingerprint density at radius 1 is 1.55 bits per heavy atom. The molecule has 0 N–H and O–H groups in total. The van der Waals surface area contributed by atoms with Gasteiger partial charge in [0.1, 0.15) is 0 Å². The Balaban J connectivity index is 4.22. The smallest absolute Gasteiger partial charge is 0.303 e. The van der Waals surface area contributed by atoms with E-state index in [0.29, 0.717) is 0 Å². The first-order chi connectivity index (χ1) is 4.88. The molecule has 2 heteroatoms. The monoisotopic (exact) mass is 154 g/mol. The number of rotatable bonds is 1. The predicted octanol–water partition coefficient (Wildman–Crippen LogP) is 1.60. The standard InChI is InChI=1S/C9H14O2/c1-6-8(9(3,4)5)11-7(2)10/h1,8H,2-5H3. The topological polar surface area (TPSA) is 26.3 Å². The minimum atomic E-state index is -0.431. The van der Waals surface area contributed by atoms with Crippen LogP contribution in [-0.4, -0.2) is 12.1 Å². The number of esters is 1. The summed E-state index contributed by atoms with van der Waals surface area (Å²) in [5.41, 5.74) is -0.180. The van der Waals surface area contributed by atoms with Gasteiger partial charge in [-0.1, -0.05) is 26.7 Å². The molecule has 0 spiro atoms. The van der Waals surface area contributed by atoms with Crippen LogP contribution < -0.4 is 0 Å². The molecule has 0 aromatic heterocycles. The Morgan fingerprint density at radius 2 is 2.00 bits per heavy atom. The highest BCUT2D eigenvalue weighted by Gasteiger charge is 2.24. The lowest BCUT2D eigenvalue weighted by Crippen LogP contribution is -2.29. The van der Waals surface area contributed by atoms with Crippen LogP contribution in [0.15, 0.2) is 0 Å². The van der Waals surface area contributed by atoms with Crippen LogP contribution in [0.2, 0.25) is 0 Å². The molecule has 2 nitrogen and oxygen atoms in total. The summed E-state index contributed by atoms with van der Waals surface area (Å²) in [5, 5.41) is 0. The van der Waals surface area contributed by atoms with Crippen molar-refractivity contribution in [2.45, 2.75) is 33.8 Å². The van der Waals surface area contributed by atoms with Crippen molar-refractivity contribution in [1.29, 1.82) is 0 Å². The number of ether oxygens (including phenoxy) is 1. The Bertz CT molecular complexity index is 181. The number of terminal acetylenes is 1. The van der Waals surface area contributed by atoms with E-state index in [-0.39, 0.29) is 11.4 Å². The van der Waals surface area contributed by atoms with Crippen LogP contribution in [0.3, 0.4) is 0 Å². The zero-order valence-corrected chi connectivity index (χ0v) is 7.47. The molecule has 0 saturated heterocycles. The van der Waals surface area contributed by atoms with E-state index < -0.39 is 6.10 Å². The molecular formula is C9H14O2. The fraction of sp³-hybridized carbons (Fsp3) is 0.667. The summed E-state index contributed by atoms with van der Waals surface area (Å²) >= 11 is 0. The Hall–Kier alpha value is -0.970. The Morgan fingerprint density at radius 3 is 2.09 bits per heavy atom. The molecule has 11 heavy (non-hydrogen) atoms. The van der Waals surface area contributed by atoms with E-state index in [4.69, 9.17) is 11.2 Å². The molecule has 62 valence electrons. The first kappa shape index (κ1) is 10.0. The van der Waals surface area contributed by atoms with Crippen LogP contribution >= 0.6 is 0 Å². The maximum Gasteiger partial charge on any atom is 0.303 e. The normalized spacial score (nSPS) is 13.4. The first-order valence-electron chi connectivity index (χ1n) is 3.51. The van der Waals surface area contributed by atoms with Crippen LogP contribution in [0.1, 0.15) is 27.7 Å². The largest absolute Gasteiger partial charge is 0.449 e. The zero-order valence-electron chi connectivity index (χ0n) is 7.47. The lowest BCUT2D eigenvalue weighted by atomic mass is 9.89. The molecule has 0 bridgehead atoms. The van der Waals surface area contributed by atoms with E-state index in [1.807, 2.05) is 20.8 Å². The van der Waals surface area contributed by atoms with Gasteiger partial charge >= 0.3 is 5.97 Å². The van der Waals surface area contributed by atoms with Crippen LogP contribution in [0.5, 0.6) is 0 Å².